The van der Waals surface area contributed by atoms with Crippen LogP contribution in [0, 0.1) is 0 Å². The molecule has 0 bridgehead atoms. The van der Waals surface area contributed by atoms with Gasteiger partial charge < -0.3 is 24.4 Å². The highest BCUT2D eigenvalue weighted by Crippen LogP contribution is 2.36. The number of nitrogens with one attached hydrogen (secondary N) is 1. The van der Waals surface area contributed by atoms with E-state index in [1.807, 2.05) is 24.3 Å². The number of carbonyl (C=O) groups is 1. The number of nitrogens with zero attached hydrogens (tertiary/aromatic N) is 1. The quantitative estimate of drug-likeness (QED) is 0.743. The minimum absolute atomic E-state index is 0.124. The predicted octanol–water partition coefficient (Wildman–Crippen LogP) is 3.57. The molecule has 0 aliphatic carbocycles. The van der Waals surface area contributed by atoms with Crippen LogP contribution in [0.4, 0.5) is 11.4 Å². The van der Waals surface area contributed by atoms with E-state index in [1.54, 1.807) is 25.3 Å². The maximum absolute atomic E-state index is 12.2. The van der Waals surface area contributed by atoms with E-state index in [1.165, 1.54) is 7.11 Å². The third kappa shape index (κ3) is 4.81. The highest BCUT2D eigenvalue weighted by Gasteiger charge is 2.12. The average molecular weight is 358 g/mol. The maximum atomic E-state index is 12.2. The SMILES string of the molecule is CCN(CC)c1ccc(NC(=O)COc2cccc(OC)c2OC)cc1. The molecule has 0 heterocycles. The molecule has 0 unspecified atom stereocenters. The molecule has 0 atom stereocenters. The highest BCUT2D eigenvalue weighted by atomic mass is 16.5. The zero-order chi connectivity index (χ0) is 18.9. The Hall–Kier alpha value is -2.89. The Labute approximate surface area is 154 Å². The largest absolute Gasteiger partial charge is 0.493 e. The second-order valence-electron chi connectivity index (χ2n) is 5.55. The van der Waals surface area contributed by atoms with Crippen molar-refractivity contribution in [3.05, 3.63) is 42.5 Å². The molecule has 0 aliphatic rings. The molecule has 1 amide bonds. The van der Waals surface area contributed by atoms with Crippen molar-refractivity contribution < 1.29 is 19.0 Å². The molecule has 2 aromatic rings. The fraction of sp³-hybridized carbons (Fsp3) is 0.350. The summed E-state index contributed by atoms with van der Waals surface area (Å²) in [6.07, 6.45) is 0. The molecule has 0 saturated carbocycles. The Morgan fingerprint density at radius 2 is 1.62 bits per heavy atom. The zero-order valence-corrected chi connectivity index (χ0v) is 15.7. The van der Waals surface area contributed by atoms with Gasteiger partial charge in [0, 0.05) is 24.5 Å². The number of hydrogen-bond acceptors (Lipinski definition) is 5. The van der Waals surface area contributed by atoms with Crippen LogP contribution in [0.25, 0.3) is 0 Å². The fourth-order valence-electron chi connectivity index (χ4n) is 2.66. The number of methoxy groups -OCH3 is 2. The van der Waals surface area contributed by atoms with Crippen LogP contribution < -0.4 is 24.4 Å². The lowest BCUT2D eigenvalue weighted by molar-refractivity contribution is -0.118. The van der Waals surface area contributed by atoms with Gasteiger partial charge in [0.25, 0.3) is 5.91 Å². The van der Waals surface area contributed by atoms with Crippen molar-refractivity contribution in [3.8, 4) is 17.2 Å². The standard InChI is InChI=1S/C20H26N2O4/c1-5-22(6-2)16-12-10-15(11-13-16)21-19(23)14-26-18-9-7-8-17(24-3)20(18)25-4/h7-13H,5-6,14H2,1-4H3,(H,21,23). The summed E-state index contributed by atoms with van der Waals surface area (Å²) in [5, 5.41) is 2.83. The monoisotopic (exact) mass is 358 g/mol. The van der Waals surface area contributed by atoms with Crippen molar-refractivity contribution in [3.63, 3.8) is 0 Å². The number of rotatable bonds is 9. The first kappa shape index (κ1) is 19.4. The molecule has 6 heteroatoms. The van der Waals surface area contributed by atoms with Crippen LogP contribution in [-0.2, 0) is 4.79 Å². The Morgan fingerprint density at radius 1 is 0.962 bits per heavy atom. The van der Waals surface area contributed by atoms with Crippen molar-refractivity contribution in [2.75, 3.05) is 44.1 Å². The first-order valence-corrected chi connectivity index (χ1v) is 8.61. The summed E-state index contributed by atoms with van der Waals surface area (Å²) >= 11 is 0. The highest BCUT2D eigenvalue weighted by molar-refractivity contribution is 5.92. The molecule has 2 rings (SSSR count). The van der Waals surface area contributed by atoms with E-state index in [0.29, 0.717) is 17.2 Å². The Kier molecular flexibility index (Phi) is 7.14. The number of carbonyl (C=O) groups excluding carboxylic acids is 1. The minimum Gasteiger partial charge on any atom is -0.493 e. The number of amides is 1. The van der Waals surface area contributed by atoms with Gasteiger partial charge in [-0.3, -0.25) is 4.79 Å². The molecule has 2 aromatic carbocycles. The third-order valence-electron chi connectivity index (χ3n) is 4.01. The van der Waals surface area contributed by atoms with Gasteiger partial charge in [-0.25, -0.2) is 0 Å². The Morgan fingerprint density at radius 3 is 2.19 bits per heavy atom. The van der Waals surface area contributed by atoms with Crippen molar-refractivity contribution in [2.45, 2.75) is 13.8 Å². The summed E-state index contributed by atoms with van der Waals surface area (Å²) in [5.74, 6) is 1.23. The van der Waals surface area contributed by atoms with Crippen LogP contribution >= 0.6 is 0 Å². The molecule has 6 nitrogen and oxygen atoms in total. The molecular weight excluding hydrogens is 332 g/mol. The smallest absolute Gasteiger partial charge is 0.262 e. The van der Waals surface area contributed by atoms with E-state index < -0.39 is 0 Å². The predicted molar refractivity (Wildman–Crippen MR) is 104 cm³/mol. The third-order valence-corrected chi connectivity index (χ3v) is 4.01. The van der Waals surface area contributed by atoms with Crippen molar-refractivity contribution in [1.82, 2.24) is 0 Å². The van der Waals surface area contributed by atoms with E-state index >= 15 is 0 Å². The minimum atomic E-state index is -0.245. The molecule has 0 aliphatic heterocycles. The van der Waals surface area contributed by atoms with E-state index in [4.69, 9.17) is 14.2 Å². The van der Waals surface area contributed by atoms with Crippen LogP contribution in [0.5, 0.6) is 17.2 Å². The molecule has 1 N–H and O–H groups in total. The van der Waals surface area contributed by atoms with Gasteiger partial charge in [0.2, 0.25) is 5.75 Å². The Balaban J connectivity index is 1.95. The topological polar surface area (TPSA) is 60.0 Å². The van der Waals surface area contributed by atoms with Crippen LogP contribution in [0.2, 0.25) is 0 Å². The number of ether oxygens (including phenoxy) is 3. The van der Waals surface area contributed by atoms with Gasteiger partial charge in [0.05, 0.1) is 14.2 Å². The molecule has 0 spiro atoms. The van der Waals surface area contributed by atoms with Gasteiger partial charge in [-0.2, -0.15) is 0 Å². The first-order chi connectivity index (χ1) is 12.6. The van der Waals surface area contributed by atoms with Crippen LogP contribution in [0.3, 0.4) is 0 Å². The molecule has 0 fully saturated rings. The fourth-order valence-corrected chi connectivity index (χ4v) is 2.66. The van der Waals surface area contributed by atoms with E-state index in [-0.39, 0.29) is 12.5 Å². The lowest BCUT2D eigenvalue weighted by atomic mass is 10.2. The van der Waals surface area contributed by atoms with E-state index in [9.17, 15) is 4.79 Å². The summed E-state index contributed by atoms with van der Waals surface area (Å²) in [7, 11) is 3.08. The first-order valence-electron chi connectivity index (χ1n) is 8.61. The van der Waals surface area contributed by atoms with Gasteiger partial charge in [-0.15, -0.1) is 0 Å². The van der Waals surface area contributed by atoms with Gasteiger partial charge in [0.15, 0.2) is 18.1 Å². The lowest BCUT2D eigenvalue weighted by Gasteiger charge is -2.21. The lowest BCUT2D eigenvalue weighted by Crippen LogP contribution is -2.22. The summed E-state index contributed by atoms with van der Waals surface area (Å²) in [6.45, 7) is 5.99. The molecule has 0 aromatic heterocycles. The zero-order valence-electron chi connectivity index (χ0n) is 15.7. The number of benzene rings is 2. The Bertz CT molecular complexity index is 712. The van der Waals surface area contributed by atoms with E-state index in [0.717, 1.165) is 24.5 Å². The average Bonchev–Trinajstić information content (AvgIpc) is 2.68. The summed E-state index contributed by atoms with van der Waals surface area (Å²) < 4.78 is 16.1. The number of anilines is 2. The second kappa shape index (κ2) is 9.56. The molecule has 140 valence electrons. The summed E-state index contributed by atoms with van der Waals surface area (Å²) in [5.41, 5.74) is 1.86. The summed E-state index contributed by atoms with van der Waals surface area (Å²) in [4.78, 5) is 14.4. The van der Waals surface area contributed by atoms with Crippen molar-refractivity contribution in [1.29, 1.82) is 0 Å². The summed E-state index contributed by atoms with van der Waals surface area (Å²) in [6, 6.07) is 13.0. The van der Waals surface area contributed by atoms with Crippen LogP contribution in [-0.4, -0.2) is 39.8 Å². The van der Waals surface area contributed by atoms with Crippen molar-refractivity contribution >= 4 is 17.3 Å². The van der Waals surface area contributed by atoms with Crippen LogP contribution in [0.1, 0.15) is 13.8 Å². The number of hydrogen-bond donors (Lipinski definition) is 1. The van der Waals surface area contributed by atoms with Crippen molar-refractivity contribution in [2.24, 2.45) is 0 Å². The van der Waals surface area contributed by atoms with E-state index in [2.05, 4.69) is 24.1 Å². The molecule has 26 heavy (non-hydrogen) atoms. The van der Waals surface area contributed by atoms with Gasteiger partial charge in [-0.1, -0.05) is 6.07 Å². The molecule has 0 radical (unpaired) electrons. The molecular formula is C20H26N2O4. The number of para-hydroxylation sites is 1. The molecule has 0 saturated heterocycles. The van der Waals surface area contributed by atoms with Gasteiger partial charge in [0.1, 0.15) is 0 Å². The normalized spacial score (nSPS) is 10.2. The maximum Gasteiger partial charge on any atom is 0.262 e. The van der Waals surface area contributed by atoms with Gasteiger partial charge >= 0.3 is 0 Å². The van der Waals surface area contributed by atoms with Gasteiger partial charge in [-0.05, 0) is 50.2 Å². The van der Waals surface area contributed by atoms with Crippen LogP contribution in [0.15, 0.2) is 42.5 Å². The second-order valence-corrected chi connectivity index (χ2v) is 5.55.